The third-order valence-corrected chi connectivity index (χ3v) is 9.67. The molecule has 1 saturated heterocycles. The molecule has 0 aromatic rings. The number of nitrogens with one attached hydrogen (secondary N) is 1. The average Bonchev–Trinajstić information content (AvgIpc) is 3.72. The fraction of sp³-hybridized carbons (Fsp3) is 0.361. The maximum absolute atomic E-state index is 13.3. The molecule has 0 radical (unpaired) electrons. The lowest BCUT2D eigenvalue weighted by atomic mass is 9.84. The summed E-state index contributed by atoms with van der Waals surface area (Å²) in [5.74, 6) is -1.71. The van der Waals surface area contributed by atoms with Gasteiger partial charge in [0.15, 0.2) is 0 Å². The summed E-state index contributed by atoms with van der Waals surface area (Å²) < 4.78 is 5.21. The van der Waals surface area contributed by atoms with E-state index in [-0.39, 0.29) is 23.4 Å². The second-order valence-electron chi connectivity index (χ2n) is 12.1. The van der Waals surface area contributed by atoms with Crippen molar-refractivity contribution >= 4 is 28.9 Å². The van der Waals surface area contributed by atoms with Crippen LogP contribution in [0.4, 0.5) is 0 Å². The predicted molar refractivity (Wildman–Crippen MR) is 173 cm³/mol. The Bertz CT molecular complexity index is 1810. The van der Waals surface area contributed by atoms with Gasteiger partial charge in [-0.25, -0.2) is 15.0 Å². The Morgan fingerprint density at radius 2 is 1.75 bits per heavy atom. The van der Waals surface area contributed by atoms with Crippen molar-refractivity contribution in [2.45, 2.75) is 60.8 Å². The molecule has 2 N–H and O–H groups in total. The standard InChI is InChI=1S/C36H38N4O4/c1-9-21-17(4)24-13-26-19(6)23(12-11-16(3)41)33(39-26)31-32(36(43)44-8)35(42)30-20(7)27(40-34(30)31)15-29-22(10-2)18(5)25(38-29)14-28(21)37-24/h9,13-15,19,23,32,39,42H,1,10-12H2,2-8H3/t19-,23-,32+/m0/s1. The van der Waals surface area contributed by atoms with Crippen LogP contribution >= 0.6 is 0 Å². The van der Waals surface area contributed by atoms with Gasteiger partial charge in [0.2, 0.25) is 0 Å². The van der Waals surface area contributed by atoms with E-state index in [4.69, 9.17) is 19.7 Å². The van der Waals surface area contributed by atoms with Gasteiger partial charge >= 0.3 is 5.97 Å². The summed E-state index contributed by atoms with van der Waals surface area (Å²) in [6.07, 6.45) is 9.63. The lowest BCUT2D eigenvalue weighted by molar-refractivity contribution is -0.143. The van der Waals surface area contributed by atoms with Crippen molar-refractivity contribution in [2.75, 3.05) is 7.11 Å². The number of allylic oxidation sites excluding steroid dienone is 11. The largest absolute Gasteiger partial charge is 0.510 e. The second-order valence-corrected chi connectivity index (χ2v) is 12.1. The summed E-state index contributed by atoms with van der Waals surface area (Å²) in [5.41, 5.74) is 12.3. The summed E-state index contributed by atoms with van der Waals surface area (Å²) in [6, 6.07) is 0. The van der Waals surface area contributed by atoms with Gasteiger partial charge in [-0.05, 0) is 81.1 Å². The minimum absolute atomic E-state index is 0.0249. The van der Waals surface area contributed by atoms with E-state index >= 15 is 0 Å². The number of hydrogen-bond acceptors (Lipinski definition) is 8. The molecule has 0 amide bonds. The summed E-state index contributed by atoms with van der Waals surface area (Å²) in [4.78, 5) is 40.6. The fourth-order valence-corrected chi connectivity index (χ4v) is 7.13. The van der Waals surface area contributed by atoms with Gasteiger partial charge in [-0.15, -0.1) is 0 Å². The van der Waals surface area contributed by atoms with E-state index < -0.39 is 11.9 Å². The Morgan fingerprint density at radius 3 is 2.41 bits per heavy atom. The SMILES string of the molecule is C=CC1=C(C)C2=NC1=CC1=NC(=CC3=C(C)C4=C(O)[C@H](C(=O)OC)C(=C5NC(=C2)[C@@H](C)[C@@H]5CCC(C)=O)C4=N3)C(CC)=C1C. The van der Waals surface area contributed by atoms with Crippen LogP contribution in [-0.4, -0.2) is 41.1 Å². The van der Waals surface area contributed by atoms with Crippen LogP contribution < -0.4 is 5.32 Å². The average molecular weight is 591 g/mol. The molecular weight excluding hydrogens is 552 g/mol. The van der Waals surface area contributed by atoms with Crippen LogP contribution in [0, 0.1) is 17.8 Å². The number of carbonyl (C=O) groups is 2. The highest BCUT2D eigenvalue weighted by Gasteiger charge is 2.49. The predicted octanol–water partition coefficient (Wildman–Crippen LogP) is 6.61. The number of Topliss-reactive ketones (excluding diaryl/α,β-unsaturated/α-hetero) is 1. The van der Waals surface area contributed by atoms with Crippen LogP contribution in [-0.2, 0) is 14.3 Å². The first kappa shape index (κ1) is 29.5. The van der Waals surface area contributed by atoms with Crippen LogP contribution in [0.3, 0.4) is 0 Å². The number of fused-ring (bicyclic) bond motifs is 5. The molecule has 44 heavy (non-hydrogen) atoms. The Labute approximate surface area is 258 Å². The molecule has 0 unspecified atom stereocenters. The third-order valence-electron chi connectivity index (χ3n) is 9.67. The number of ketones is 1. The van der Waals surface area contributed by atoms with E-state index in [1.54, 1.807) is 6.92 Å². The second kappa shape index (κ2) is 10.8. The molecule has 6 rings (SSSR count). The molecule has 6 aliphatic rings. The Kier molecular flexibility index (Phi) is 7.26. The number of aliphatic hydroxyl groups excluding tert-OH is 1. The Hall–Kier alpha value is -4.59. The van der Waals surface area contributed by atoms with Crippen LogP contribution in [0.2, 0.25) is 0 Å². The number of rotatable bonds is 6. The molecule has 0 saturated carbocycles. The van der Waals surface area contributed by atoms with E-state index in [1.165, 1.54) is 7.11 Å². The smallest absolute Gasteiger partial charge is 0.321 e. The maximum atomic E-state index is 13.3. The zero-order valence-corrected chi connectivity index (χ0v) is 26.4. The van der Waals surface area contributed by atoms with Crippen LogP contribution in [0.1, 0.15) is 60.8 Å². The number of hydrogen-bond donors (Lipinski definition) is 2. The third kappa shape index (κ3) is 4.38. The van der Waals surface area contributed by atoms with Gasteiger partial charge in [-0.1, -0.05) is 26.5 Å². The lowest BCUT2D eigenvalue weighted by Gasteiger charge is -2.20. The molecule has 0 aromatic heterocycles. The van der Waals surface area contributed by atoms with E-state index in [0.717, 1.165) is 68.5 Å². The summed E-state index contributed by atoms with van der Waals surface area (Å²) in [5, 5.41) is 15.2. The molecule has 8 nitrogen and oxygen atoms in total. The zero-order valence-electron chi connectivity index (χ0n) is 26.4. The van der Waals surface area contributed by atoms with E-state index in [1.807, 2.05) is 38.2 Å². The molecule has 5 heterocycles. The van der Waals surface area contributed by atoms with Crippen LogP contribution in [0.25, 0.3) is 0 Å². The van der Waals surface area contributed by atoms with Crippen LogP contribution in [0.5, 0.6) is 0 Å². The number of aliphatic imine (C=N–C) groups is 3. The van der Waals surface area contributed by atoms with Crippen molar-refractivity contribution in [3.05, 3.63) is 104 Å². The number of esters is 1. The van der Waals surface area contributed by atoms with Crippen molar-refractivity contribution in [3.8, 4) is 0 Å². The Morgan fingerprint density at radius 1 is 1.05 bits per heavy atom. The van der Waals surface area contributed by atoms with Gasteiger partial charge in [0.1, 0.15) is 17.5 Å². The molecule has 1 aliphatic carbocycles. The molecule has 0 spiro atoms. The number of carbonyl (C=O) groups excluding carboxylic acids is 2. The number of nitrogens with zero attached hydrogens (tertiary/aromatic N) is 3. The van der Waals surface area contributed by atoms with Gasteiger partial charge in [-0.3, -0.25) is 4.79 Å². The summed E-state index contributed by atoms with van der Waals surface area (Å²) in [6.45, 7) is 15.9. The van der Waals surface area contributed by atoms with Gasteiger partial charge < -0.3 is 20.0 Å². The highest BCUT2D eigenvalue weighted by atomic mass is 16.5. The van der Waals surface area contributed by atoms with Crippen molar-refractivity contribution in [2.24, 2.45) is 32.7 Å². The topological polar surface area (TPSA) is 113 Å². The first-order valence-electron chi connectivity index (χ1n) is 15.2. The molecule has 0 aromatic carbocycles. The Balaban J connectivity index is 1.67. The maximum Gasteiger partial charge on any atom is 0.321 e. The molecule has 226 valence electrons. The minimum atomic E-state index is -1.03. The fourth-order valence-electron chi connectivity index (χ4n) is 7.13. The van der Waals surface area contributed by atoms with Crippen molar-refractivity contribution < 1.29 is 19.4 Å². The monoisotopic (exact) mass is 590 g/mol. The molecule has 8 bridgehead atoms. The molecule has 8 heteroatoms. The lowest BCUT2D eigenvalue weighted by Crippen LogP contribution is -2.24. The van der Waals surface area contributed by atoms with E-state index in [2.05, 4.69) is 32.7 Å². The normalized spacial score (nSPS) is 25.7. The number of aliphatic hydroxyl groups is 1. The first-order chi connectivity index (χ1) is 21.0. The number of methoxy groups -OCH3 is 1. The summed E-state index contributed by atoms with van der Waals surface area (Å²) >= 11 is 0. The van der Waals surface area contributed by atoms with Gasteiger partial charge in [-0.2, -0.15) is 0 Å². The minimum Gasteiger partial charge on any atom is -0.510 e. The molecular formula is C36H38N4O4. The van der Waals surface area contributed by atoms with Crippen LogP contribution in [0.15, 0.2) is 119 Å². The van der Waals surface area contributed by atoms with Crippen molar-refractivity contribution in [3.63, 3.8) is 0 Å². The molecule has 1 fully saturated rings. The number of ether oxygens (including phenoxy) is 1. The van der Waals surface area contributed by atoms with Crippen molar-refractivity contribution in [1.29, 1.82) is 0 Å². The van der Waals surface area contributed by atoms with Gasteiger partial charge in [0, 0.05) is 46.4 Å². The highest BCUT2D eigenvalue weighted by Crippen LogP contribution is 2.49. The first-order valence-corrected chi connectivity index (χ1v) is 15.2. The van der Waals surface area contributed by atoms with E-state index in [0.29, 0.717) is 35.4 Å². The van der Waals surface area contributed by atoms with Crippen molar-refractivity contribution in [1.82, 2.24) is 5.32 Å². The summed E-state index contributed by atoms with van der Waals surface area (Å²) in [7, 11) is 1.32. The quantitative estimate of drug-likeness (QED) is 0.338. The molecule has 3 atom stereocenters. The van der Waals surface area contributed by atoms with E-state index in [9.17, 15) is 14.7 Å². The molecule has 5 aliphatic heterocycles. The highest BCUT2D eigenvalue weighted by molar-refractivity contribution is 6.24. The van der Waals surface area contributed by atoms with Gasteiger partial charge in [0.25, 0.3) is 0 Å². The van der Waals surface area contributed by atoms with Gasteiger partial charge in [0.05, 0.1) is 41.3 Å². The zero-order chi connectivity index (χ0) is 31.6.